The molecule has 22 heavy (non-hydrogen) atoms. The lowest BCUT2D eigenvalue weighted by molar-refractivity contribution is -0.115. The summed E-state index contributed by atoms with van der Waals surface area (Å²) in [4.78, 5) is 12.1. The number of carbonyl (C=O) groups is 1. The molecule has 118 valence electrons. The molecule has 0 saturated carbocycles. The van der Waals surface area contributed by atoms with E-state index in [1.165, 1.54) is 0 Å². The van der Waals surface area contributed by atoms with Crippen LogP contribution in [0.1, 0.15) is 38.5 Å². The van der Waals surface area contributed by atoms with Gasteiger partial charge in [-0.1, -0.05) is 44.1 Å². The van der Waals surface area contributed by atoms with Gasteiger partial charge in [-0.25, -0.2) is 0 Å². The van der Waals surface area contributed by atoms with Gasteiger partial charge in [0.1, 0.15) is 5.76 Å². The first-order chi connectivity index (χ1) is 10.4. The van der Waals surface area contributed by atoms with Crippen molar-refractivity contribution in [1.82, 2.24) is 5.16 Å². The highest BCUT2D eigenvalue weighted by molar-refractivity contribution is 5.92. The molecule has 0 atom stereocenters. The predicted molar refractivity (Wildman–Crippen MR) is 88.1 cm³/mol. The number of aromatic nitrogens is 1. The van der Waals surface area contributed by atoms with Crippen LogP contribution in [-0.4, -0.2) is 17.6 Å². The van der Waals surface area contributed by atoms with Crippen LogP contribution >= 0.6 is 0 Å². The van der Waals surface area contributed by atoms with Crippen molar-refractivity contribution in [1.29, 1.82) is 0 Å². The minimum absolute atomic E-state index is 0.0135. The molecule has 0 unspecified atom stereocenters. The van der Waals surface area contributed by atoms with E-state index in [0.717, 1.165) is 17.0 Å². The predicted octanol–water partition coefficient (Wildman–Crippen LogP) is 3.72. The molecule has 0 bridgehead atoms. The summed E-state index contributed by atoms with van der Waals surface area (Å²) in [7, 11) is 0. The molecule has 0 radical (unpaired) electrons. The van der Waals surface area contributed by atoms with E-state index in [-0.39, 0.29) is 11.3 Å². The number of nitrogens with zero attached hydrogens (tertiary/aromatic N) is 1. The van der Waals surface area contributed by atoms with Gasteiger partial charge in [0.25, 0.3) is 0 Å². The first kappa shape index (κ1) is 16.1. The van der Waals surface area contributed by atoms with Crippen molar-refractivity contribution in [3.8, 4) is 0 Å². The molecule has 5 heteroatoms. The topological polar surface area (TPSA) is 67.2 Å². The summed E-state index contributed by atoms with van der Waals surface area (Å²) < 4.78 is 4.96. The Morgan fingerprint density at radius 3 is 2.64 bits per heavy atom. The Morgan fingerprint density at radius 2 is 2.00 bits per heavy atom. The maximum absolute atomic E-state index is 12.1. The van der Waals surface area contributed by atoms with Crippen LogP contribution in [0.2, 0.25) is 0 Å². The van der Waals surface area contributed by atoms with Crippen molar-refractivity contribution in [2.45, 2.75) is 39.5 Å². The smallest absolute Gasteiger partial charge is 0.226 e. The van der Waals surface area contributed by atoms with Gasteiger partial charge in [0, 0.05) is 24.7 Å². The zero-order valence-electron chi connectivity index (χ0n) is 13.6. The molecular weight excluding hydrogens is 278 g/mol. The van der Waals surface area contributed by atoms with Crippen LogP contribution < -0.4 is 10.6 Å². The molecule has 0 fully saturated rings. The van der Waals surface area contributed by atoms with Crippen LogP contribution in [0.5, 0.6) is 0 Å². The maximum atomic E-state index is 12.1. The number of rotatable bonds is 5. The van der Waals surface area contributed by atoms with Gasteiger partial charge in [-0.15, -0.1) is 0 Å². The summed E-state index contributed by atoms with van der Waals surface area (Å²) in [5.74, 6) is 1.37. The zero-order valence-corrected chi connectivity index (χ0v) is 13.6. The maximum Gasteiger partial charge on any atom is 0.226 e. The number of hydrogen-bond acceptors (Lipinski definition) is 4. The number of hydrogen-bond donors (Lipinski definition) is 2. The highest BCUT2D eigenvalue weighted by atomic mass is 16.5. The summed E-state index contributed by atoms with van der Waals surface area (Å²) in [6.07, 6.45) is 0.365. The molecular formula is C17H23N3O2. The van der Waals surface area contributed by atoms with Gasteiger partial charge in [0.2, 0.25) is 5.91 Å². The second-order valence-corrected chi connectivity index (χ2v) is 6.34. The molecule has 2 N–H and O–H groups in total. The van der Waals surface area contributed by atoms with Gasteiger partial charge in [-0.2, -0.15) is 0 Å². The fourth-order valence-corrected chi connectivity index (χ4v) is 2.21. The molecule has 1 heterocycles. The first-order valence-corrected chi connectivity index (χ1v) is 7.43. The Morgan fingerprint density at radius 1 is 1.27 bits per heavy atom. The standard InChI is InChI=1S/C17H23N3O2/c1-12-11-15(20-22-12)18-10-9-16(21)19-14-8-6-5-7-13(14)17(2,3)4/h5-8,11H,9-10H2,1-4H3,(H,18,20)(H,19,21). The van der Waals surface area contributed by atoms with Crippen molar-refractivity contribution >= 4 is 17.4 Å². The number of aryl methyl sites for hydroxylation is 1. The molecule has 0 spiro atoms. The third-order valence-electron chi connectivity index (χ3n) is 3.30. The van der Waals surface area contributed by atoms with E-state index in [1.54, 1.807) is 6.07 Å². The van der Waals surface area contributed by atoms with Crippen LogP contribution in [0, 0.1) is 6.92 Å². The lowest BCUT2D eigenvalue weighted by atomic mass is 9.86. The third kappa shape index (κ3) is 4.35. The average molecular weight is 301 g/mol. The molecule has 5 nitrogen and oxygen atoms in total. The van der Waals surface area contributed by atoms with Crippen LogP contribution in [-0.2, 0) is 10.2 Å². The largest absolute Gasteiger partial charge is 0.367 e. The lowest BCUT2D eigenvalue weighted by Crippen LogP contribution is -2.20. The molecule has 1 amide bonds. The summed E-state index contributed by atoms with van der Waals surface area (Å²) in [5.41, 5.74) is 1.99. The van der Waals surface area contributed by atoms with Crippen molar-refractivity contribution in [3.63, 3.8) is 0 Å². The van der Waals surface area contributed by atoms with Gasteiger partial charge >= 0.3 is 0 Å². The minimum atomic E-state index is -0.0237. The minimum Gasteiger partial charge on any atom is -0.367 e. The van der Waals surface area contributed by atoms with Crippen molar-refractivity contribution < 1.29 is 9.32 Å². The fourth-order valence-electron chi connectivity index (χ4n) is 2.21. The van der Waals surface area contributed by atoms with Crippen molar-refractivity contribution in [2.75, 3.05) is 17.2 Å². The Kier molecular flexibility index (Phi) is 4.85. The number of carbonyl (C=O) groups excluding carboxylic acids is 1. The molecule has 2 rings (SSSR count). The second kappa shape index (κ2) is 6.64. The average Bonchev–Trinajstić information content (AvgIpc) is 2.84. The van der Waals surface area contributed by atoms with Gasteiger partial charge in [-0.05, 0) is 24.0 Å². The molecule has 0 saturated heterocycles. The second-order valence-electron chi connectivity index (χ2n) is 6.34. The highest BCUT2D eigenvalue weighted by Gasteiger charge is 2.18. The molecule has 1 aromatic heterocycles. The molecule has 0 aliphatic rings. The fraction of sp³-hybridized carbons (Fsp3) is 0.412. The van der Waals surface area contributed by atoms with E-state index in [4.69, 9.17) is 4.52 Å². The monoisotopic (exact) mass is 301 g/mol. The molecule has 2 aromatic rings. The summed E-state index contributed by atoms with van der Waals surface area (Å²) in [6.45, 7) is 8.73. The summed E-state index contributed by atoms with van der Waals surface area (Å²) in [6, 6.07) is 9.71. The lowest BCUT2D eigenvalue weighted by Gasteiger charge is -2.23. The zero-order chi connectivity index (χ0) is 16.2. The van der Waals surface area contributed by atoms with Gasteiger partial charge in [0.05, 0.1) is 0 Å². The Hall–Kier alpha value is -2.30. The Bertz CT molecular complexity index is 641. The number of benzene rings is 1. The molecule has 1 aromatic carbocycles. The Labute approximate surface area is 131 Å². The van der Waals surface area contributed by atoms with Crippen LogP contribution in [0.25, 0.3) is 0 Å². The van der Waals surface area contributed by atoms with E-state index < -0.39 is 0 Å². The summed E-state index contributed by atoms with van der Waals surface area (Å²) in [5, 5.41) is 9.87. The van der Waals surface area contributed by atoms with E-state index in [0.29, 0.717) is 18.8 Å². The number of para-hydroxylation sites is 1. The van der Waals surface area contributed by atoms with Crippen molar-refractivity contribution in [3.05, 3.63) is 41.7 Å². The van der Waals surface area contributed by atoms with Crippen LogP contribution in [0.15, 0.2) is 34.9 Å². The van der Waals surface area contributed by atoms with Gasteiger partial charge in [-0.3, -0.25) is 4.79 Å². The van der Waals surface area contributed by atoms with Crippen molar-refractivity contribution in [2.24, 2.45) is 0 Å². The van der Waals surface area contributed by atoms with E-state index in [9.17, 15) is 4.79 Å². The van der Waals surface area contributed by atoms with Crippen LogP contribution in [0.4, 0.5) is 11.5 Å². The highest BCUT2D eigenvalue weighted by Crippen LogP contribution is 2.29. The quantitative estimate of drug-likeness (QED) is 0.883. The first-order valence-electron chi connectivity index (χ1n) is 7.43. The Balaban J connectivity index is 1.90. The summed E-state index contributed by atoms with van der Waals surface area (Å²) >= 11 is 0. The SMILES string of the molecule is Cc1cc(NCCC(=O)Nc2ccccc2C(C)(C)C)no1. The number of amides is 1. The van der Waals surface area contributed by atoms with E-state index >= 15 is 0 Å². The number of nitrogens with one attached hydrogen (secondary N) is 2. The number of anilines is 2. The van der Waals surface area contributed by atoms with Gasteiger partial charge in [0.15, 0.2) is 5.82 Å². The van der Waals surface area contributed by atoms with E-state index in [2.05, 4.69) is 36.6 Å². The molecule has 0 aliphatic heterocycles. The molecule has 0 aliphatic carbocycles. The van der Waals surface area contributed by atoms with E-state index in [1.807, 2.05) is 31.2 Å². The van der Waals surface area contributed by atoms with Crippen LogP contribution in [0.3, 0.4) is 0 Å². The third-order valence-corrected chi connectivity index (χ3v) is 3.30. The van der Waals surface area contributed by atoms with Gasteiger partial charge < -0.3 is 15.2 Å². The normalized spacial score (nSPS) is 11.3.